The number of fused-ring (bicyclic) bond motifs is 5. The van der Waals surface area contributed by atoms with Crippen LogP contribution in [0, 0.1) is 5.92 Å². The fourth-order valence-corrected chi connectivity index (χ4v) is 6.56. The number of aliphatic imine (C=N–C) groups is 2. The number of nitrogens with zero attached hydrogens (tertiary/aromatic N) is 2. The number of hydrogen-bond donors (Lipinski definition) is 0. The van der Waals surface area contributed by atoms with E-state index in [1.807, 2.05) is 11.3 Å². The summed E-state index contributed by atoms with van der Waals surface area (Å²) in [6.07, 6.45) is 18.9. The molecular formula is C25H16N2S. The van der Waals surface area contributed by atoms with Crippen LogP contribution in [0.3, 0.4) is 0 Å². The molecule has 0 N–H and O–H groups in total. The van der Waals surface area contributed by atoms with Crippen molar-refractivity contribution < 1.29 is 0 Å². The Balaban J connectivity index is 1.60. The molecule has 0 radical (unpaired) electrons. The normalized spacial score (nSPS) is 23.4. The molecule has 0 saturated carbocycles. The SMILES string of the molecule is C1=CC2=CC=C3CC=CC4=C3C2C(=C1)c1sc2c(C3=NC=NC3)cccc2c14. The molecule has 1 aromatic heterocycles. The first-order valence-corrected chi connectivity index (χ1v) is 10.5. The van der Waals surface area contributed by atoms with Crippen molar-refractivity contribution in [2.75, 3.05) is 6.54 Å². The molecule has 1 aromatic carbocycles. The van der Waals surface area contributed by atoms with E-state index in [0.29, 0.717) is 12.5 Å². The summed E-state index contributed by atoms with van der Waals surface area (Å²) in [4.78, 5) is 10.3. The summed E-state index contributed by atoms with van der Waals surface area (Å²) in [7, 11) is 0. The minimum absolute atomic E-state index is 0.390. The molecule has 0 bridgehead atoms. The standard InChI is InChI=1S/C25H16N2S/c1-4-14-10-11-15-5-2-8-18-22(15)21(14)17(7-1)23-19-9-3-6-16(20-12-26-13-27-20)24(19)28-25(18)23/h1-3,5-11,13,22H,4,12H2. The summed E-state index contributed by atoms with van der Waals surface area (Å²) in [6, 6.07) is 6.65. The first-order chi connectivity index (χ1) is 13.9. The topological polar surface area (TPSA) is 24.7 Å². The molecule has 3 heteroatoms. The number of hydrogen-bond acceptors (Lipinski definition) is 3. The highest BCUT2D eigenvalue weighted by atomic mass is 32.1. The second-order valence-electron chi connectivity index (χ2n) is 7.73. The van der Waals surface area contributed by atoms with Gasteiger partial charge in [-0.05, 0) is 34.3 Å². The molecular weight excluding hydrogens is 360 g/mol. The van der Waals surface area contributed by atoms with E-state index in [1.54, 1.807) is 6.34 Å². The van der Waals surface area contributed by atoms with Gasteiger partial charge in [-0.1, -0.05) is 60.7 Å². The third-order valence-electron chi connectivity index (χ3n) is 6.33. The van der Waals surface area contributed by atoms with E-state index in [-0.39, 0.29) is 0 Å². The maximum absolute atomic E-state index is 4.52. The molecule has 1 aliphatic heterocycles. The highest BCUT2D eigenvalue weighted by Gasteiger charge is 2.39. The zero-order valence-electron chi connectivity index (χ0n) is 15.1. The van der Waals surface area contributed by atoms with Gasteiger partial charge in [0.15, 0.2) is 0 Å². The van der Waals surface area contributed by atoms with Crippen LogP contribution < -0.4 is 0 Å². The van der Waals surface area contributed by atoms with Crippen LogP contribution in [-0.2, 0) is 0 Å². The van der Waals surface area contributed by atoms with Crippen LogP contribution in [0.15, 0.2) is 87.4 Å². The molecule has 0 fully saturated rings. The molecule has 0 saturated heterocycles. The lowest BCUT2D eigenvalue weighted by molar-refractivity contribution is 0.905. The fraction of sp³-hybridized carbons (Fsp3) is 0.120. The van der Waals surface area contributed by atoms with E-state index in [0.717, 1.165) is 12.1 Å². The molecule has 2 aromatic rings. The van der Waals surface area contributed by atoms with Crippen LogP contribution in [0.2, 0.25) is 0 Å². The van der Waals surface area contributed by atoms with Crippen LogP contribution in [-0.4, -0.2) is 18.6 Å². The lowest BCUT2D eigenvalue weighted by Crippen LogP contribution is -2.21. The summed E-state index contributed by atoms with van der Waals surface area (Å²) < 4.78 is 1.34. The Hall–Kier alpha value is -3.04. The van der Waals surface area contributed by atoms with Gasteiger partial charge in [-0.3, -0.25) is 4.99 Å². The third-order valence-corrected chi connectivity index (χ3v) is 7.62. The molecule has 7 rings (SSSR count). The Morgan fingerprint density at radius 2 is 2.07 bits per heavy atom. The van der Waals surface area contributed by atoms with Crippen molar-refractivity contribution >= 4 is 44.6 Å². The first-order valence-electron chi connectivity index (χ1n) is 9.72. The average Bonchev–Trinajstić information content (AvgIpc) is 3.40. The van der Waals surface area contributed by atoms with Gasteiger partial charge in [-0.2, -0.15) is 0 Å². The summed E-state index contributed by atoms with van der Waals surface area (Å²) in [5.41, 5.74) is 11.0. The van der Waals surface area contributed by atoms with Gasteiger partial charge in [0, 0.05) is 32.0 Å². The highest BCUT2D eigenvalue weighted by molar-refractivity contribution is 7.21. The van der Waals surface area contributed by atoms with E-state index >= 15 is 0 Å². The van der Waals surface area contributed by atoms with Gasteiger partial charge in [0.05, 0.1) is 12.3 Å². The Morgan fingerprint density at radius 3 is 3.00 bits per heavy atom. The second-order valence-corrected chi connectivity index (χ2v) is 8.75. The summed E-state index contributed by atoms with van der Waals surface area (Å²) in [5, 5.41) is 1.35. The number of allylic oxidation sites excluding steroid dienone is 12. The van der Waals surface area contributed by atoms with Gasteiger partial charge >= 0.3 is 0 Å². The molecule has 2 nitrogen and oxygen atoms in total. The number of thiophene rings is 1. The van der Waals surface area contributed by atoms with Crippen molar-refractivity contribution in [1.29, 1.82) is 0 Å². The lowest BCUT2D eigenvalue weighted by atomic mass is 9.66. The monoisotopic (exact) mass is 376 g/mol. The highest BCUT2D eigenvalue weighted by Crippen LogP contribution is 2.57. The molecule has 28 heavy (non-hydrogen) atoms. The zero-order chi connectivity index (χ0) is 18.2. The molecule has 0 amide bonds. The van der Waals surface area contributed by atoms with Gasteiger partial charge in [0.2, 0.25) is 0 Å². The quantitative estimate of drug-likeness (QED) is 0.592. The molecule has 132 valence electrons. The Labute approximate surface area is 167 Å². The predicted molar refractivity (Wildman–Crippen MR) is 119 cm³/mol. The van der Waals surface area contributed by atoms with Crippen molar-refractivity contribution in [3.8, 4) is 0 Å². The van der Waals surface area contributed by atoms with Crippen LogP contribution >= 0.6 is 11.3 Å². The third kappa shape index (κ3) is 1.78. The van der Waals surface area contributed by atoms with Crippen LogP contribution in [0.5, 0.6) is 0 Å². The number of benzene rings is 1. The van der Waals surface area contributed by atoms with Crippen molar-refractivity contribution in [2.45, 2.75) is 6.42 Å². The Kier molecular flexibility index (Phi) is 2.81. The number of rotatable bonds is 1. The van der Waals surface area contributed by atoms with E-state index in [2.05, 4.69) is 70.7 Å². The van der Waals surface area contributed by atoms with Crippen LogP contribution in [0.1, 0.15) is 22.4 Å². The summed E-state index contributed by atoms with van der Waals surface area (Å²) in [6.45, 7) is 0.684. The largest absolute Gasteiger partial charge is 0.267 e. The molecule has 2 heterocycles. The maximum Gasteiger partial charge on any atom is 0.110 e. The molecule has 1 unspecified atom stereocenters. The summed E-state index contributed by atoms with van der Waals surface area (Å²) in [5.74, 6) is 0.390. The second kappa shape index (κ2) is 5.27. The van der Waals surface area contributed by atoms with Gasteiger partial charge in [0.25, 0.3) is 0 Å². The van der Waals surface area contributed by atoms with E-state index in [4.69, 9.17) is 0 Å². The molecule has 4 aliphatic carbocycles. The van der Waals surface area contributed by atoms with Gasteiger partial charge in [-0.25, -0.2) is 4.99 Å². The van der Waals surface area contributed by atoms with Crippen LogP contribution in [0.4, 0.5) is 0 Å². The zero-order valence-corrected chi connectivity index (χ0v) is 16.0. The van der Waals surface area contributed by atoms with E-state index in [1.165, 1.54) is 54.0 Å². The maximum atomic E-state index is 4.52. The van der Waals surface area contributed by atoms with Crippen molar-refractivity contribution in [2.24, 2.45) is 15.9 Å². The van der Waals surface area contributed by atoms with Crippen molar-refractivity contribution in [1.82, 2.24) is 0 Å². The Bertz CT molecular complexity index is 1350. The Morgan fingerprint density at radius 1 is 1.07 bits per heavy atom. The summed E-state index contributed by atoms with van der Waals surface area (Å²) >= 11 is 1.93. The lowest BCUT2D eigenvalue weighted by Gasteiger charge is -2.37. The molecule has 5 aliphatic rings. The van der Waals surface area contributed by atoms with E-state index < -0.39 is 0 Å². The molecule has 0 spiro atoms. The average molecular weight is 376 g/mol. The minimum Gasteiger partial charge on any atom is -0.267 e. The fourth-order valence-electron chi connectivity index (χ4n) is 5.16. The predicted octanol–water partition coefficient (Wildman–Crippen LogP) is 5.90. The van der Waals surface area contributed by atoms with Crippen LogP contribution in [0.25, 0.3) is 21.2 Å². The van der Waals surface area contributed by atoms with Gasteiger partial charge in [0.1, 0.15) is 6.34 Å². The first kappa shape index (κ1) is 14.9. The minimum atomic E-state index is 0.390. The van der Waals surface area contributed by atoms with Crippen molar-refractivity contribution in [3.05, 3.63) is 93.5 Å². The van der Waals surface area contributed by atoms with Gasteiger partial charge in [-0.15, -0.1) is 11.3 Å². The van der Waals surface area contributed by atoms with Crippen molar-refractivity contribution in [3.63, 3.8) is 0 Å². The van der Waals surface area contributed by atoms with Gasteiger partial charge < -0.3 is 0 Å². The van der Waals surface area contributed by atoms with E-state index in [9.17, 15) is 0 Å². The smallest absolute Gasteiger partial charge is 0.110 e. The molecule has 1 atom stereocenters.